The zero-order valence-electron chi connectivity index (χ0n) is 10.5. The van der Waals surface area contributed by atoms with Crippen LogP contribution in [0, 0.1) is 6.92 Å². The van der Waals surface area contributed by atoms with Crippen LogP contribution < -0.4 is 0 Å². The molecule has 1 rings (SSSR count). The van der Waals surface area contributed by atoms with Gasteiger partial charge in [-0.2, -0.15) is 0 Å². The number of hydrogen-bond acceptors (Lipinski definition) is 3. The molecule has 0 fully saturated rings. The van der Waals surface area contributed by atoms with Gasteiger partial charge in [0, 0.05) is 5.54 Å². The number of carbonyl (C=O) groups excluding carboxylic acids is 1. The number of carbonyl (C=O) groups is 2. The Labute approximate surface area is 100 Å². The largest absolute Gasteiger partial charge is 0.480 e. The van der Waals surface area contributed by atoms with Gasteiger partial charge in [0.05, 0.1) is 5.56 Å². The Balaban J connectivity index is 2.99. The van der Waals surface area contributed by atoms with Crippen LogP contribution in [-0.2, 0) is 4.79 Å². The van der Waals surface area contributed by atoms with Gasteiger partial charge < -0.3 is 14.4 Å². The molecule has 1 aromatic heterocycles. The molecule has 0 saturated heterocycles. The van der Waals surface area contributed by atoms with Crippen molar-refractivity contribution in [2.75, 3.05) is 6.54 Å². The minimum Gasteiger partial charge on any atom is -0.480 e. The number of carboxylic acid groups (broad SMARTS) is 1. The number of aliphatic carboxylic acids is 1. The number of rotatable bonds is 3. The van der Waals surface area contributed by atoms with Crippen LogP contribution in [0.15, 0.2) is 16.7 Å². The summed E-state index contributed by atoms with van der Waals surface area (Å²) in [5.41, 5.74) is -0.181. The Morgan fingerprint density at radius 3 is 2.35 bits per heavy atom. The zero-order valence-corrected chi connectivity index (χ0v) is 10.5. The molecule has 0 radical (unpaired) electrons. The lowest BCUT2D eigenvalue weighted by molar-refractivity contribution is -0.138. The Hall–Kier alpha value is -1.78. The van der Waals surface area contributed by atoms with Crippen LogP contribution in [0.2, 0.25) is 0 Å². The van der Waals surface area contributed by atoms with Crippen molar-refractivity contribution in [3.8, 4) is 0 Å². The average molecular weight is 239 g/mol. The second-order valence-electron chi connectivity index (χ2n) is 4.90. The summed E-state index contributed by atoms with van der Waals surface area (Å²) < 4.78 is 5.06. The molecule has 0 unspecified atom stereocenters. The molecule has 0 saturated carbocycles. The van der Waals surface area contributed by atoms with E-state index in [1.54, 1.807) is 33.8 Å². The third kappa shape index (κ3) is 3.34. The molecule has 0 aliphatic carbocycles. The van der Waals surface area contributed by atoms with Crippen molar-refractivity contribution < 1.29 is 19.1 Å². The van der Waals surface area contributed by atoms with Gasteiger partial charge in [-0.05, 0) is 33.8 Å². The van der Waals surface area contributed by atoms with E-state index in [1.807, 2.05) is 0 Å². The smallest absolute Gasteiger partial charge is 0.323 e. The van der Waals surface area contributed by atoms with E-state index in [9.17, 15) is 9.59 Å². The fraction of sp³-hybridized carbons (Fsp3) is 0.500. The molecule has 0 aliphatic rings. The molecular weight excluding hydrogens is 222 g/mol. The van der Waals surface area contributed by atoms with E-state index in [2.05, 4.69) is 0 Å². The molecule has 94 valence electrons. The van der Waals surface area contributed by atoms with Gasteiger partial charge in [0.2, 0.25) is 0 Å². The molecule has 0 aliphatic heterocycles. The van der Waals surface area contributed by atoms with Gasteiger partial charge in [-0.1, -0.05) is 0 Å². The van der Waals surface area contributed by atoms with Crippen LogP contribution in [0.25, 0.3) is 0 Å². The number of carboxylic acids is 1. The maximum absolute atomic E-state index is 12.1. The van der Waals surface area contributed by atoms with Gasteiger partial charge in [0.25, 0.3) is 5.91 Å². The number of aryl methyl sites for hydroxylation is 1. The molecule has 1 N–H and O–H groups in total. The van der Waals surface area contributed by atoms with E-state index in [0.29, 0.717) is 11.3 Å². The molecule has 5 heteroatoms. The van der Waals surface area contributed by atoms with Gasteiger partial charge in [-0.3, -0.25) is 9.59 Å². The maximum atomic E-state index is 12.1. The van der Waals surface area contributed by atoms with Gasteiger partial charge in [-0.15, -0.1) is 0 Å². The van der Waals surface area contributed by atoms with E-state index in [4.69, 9.17) is 9.52 Å². The van der Waals surface area contributed by atoms with Crippen molar-refractivity contribution >= 4 is 11.9 Å². The number of furan rings is 1. The first-order valence-electron chi connectivity index (χ1n) is 5.30. The quantitative estimate of drug-likeness (QED) is 0.874. The Morgan fingerprint density at radius 2 is 2.00 bits per heavy atom. The number of nitrogens with zero attached hydrogens (tertiary/aromatic N) is 1. The summed E-state index contributed by atoms with van der Waals surface area (Å²) >= 11 is 0. The maximum Gasteiger partial charge on any atom is 0.323 e. The fourth-order valence-electron chi connectivity index (χ4n) is 1.46. The predicted octanol–water partition coefficient (Wildman–Crippen LogP) is 1.91. The summed E-state index contributed by atoms with van der Waals surface area (Å²) in [6, 6.07) is 1.60. The van der Waals surface area contributed by atoms with E-state index < -0.39 is 11.5 Å². The van der Waals surface area contributed by atoms with Crippen molar-refractivity contribution in [1.82, 2.24) is 4.90 Å². The lowest BCUT2D eigenvalue weighted by atomic mass is 10.0. The van der Waals surface area contributed by atoms with Gasteiger partial charge in [0.15, 0.2) is 0 Å². The first kappa shape index (κ1) is 13.3. The van der Waals surface area contributed by atoms with Crippen LogP contribution in [-0.4, -0.2) is 34.0 Å². The van der Waals surface area contributed by atoms with Crippen molar-refractivity contribution in [2.45, 2.75) is 33.2 Å². The lowest BCUT2D eigenvalue weighted by Gasteiger charge is -2.34. The minimum atomic E-state index is -1.03. The molecule has 0 aromatic carbocycles. The summed E-state index contributed by atoms with van der Waals surface area (Å²) in [6.07, 6.45) is 1.35. The lowest BCUT2D eigenvalue weighted by Crippen LogP contribution is -2.48. The van der Waals surface area contributed by atoms with Crippen molar-refractivity contribution in [1.29, 1.82) is 0 Å². The number of amides is 1. The molecule has 1 aromatic rings. The first-order valence-corrected chi connectivity index (χ1v) is 5.30. The molecular formula is C12H17NO4. The molecule has 5 nitrogen and oxygen atoms in total. The van der Waals surface area contributed by atoms with Gasteiger partial charge in [-0.25, -0.2) is 0 Å². The Morgan fingerprint density at radius 1 is 1.41 bits per heavy atom. The summed E-state index contributed by atoms with van der Waals surface area (Å²) in [5, 5.41) is 8.83. The van der Waals surface area contributed by atoms with Crippen LogP contribution in [0.4, 0.5) is 0 Å². The van der Waals surface area contributed by atoms with Crippen LogP contribution >= 0.6 is 0 Å². The van der Waals surface area contributed by atoms with E-state index >= 15 is 0 Å². The standard InChI is InChI=1S/C12H17NO4/c1-8-5-9(7-17-8)11(16)13(6-10(14)15)12(2,3)4/h5,7H,6H2,1-4H3,(H,14,15). The summed E-state index contributed by atoms with van der Waals surface area (Å²) in [7, 11) is 0. The second kappa shape index (κ2) is 4.61. The SMILES string of the molecule is Cc1cc(C(=O)N(CC(=O)O)C(C)(C)C)co1. The highest BCUT2D eigenvalue weighted by Crippen LogP contribution is 2.18. The van der Waals surface area contributed by atoms with E-state index in [-0.39, 0.29) is 12.5 Å². The molecule has 0 bridgehead atoms. The fourth-order valence-corrected chi connectivity index (χ4v) is 1.46. The van der Waals surface area contributed by atoms with E-state index in [1.165, 1.54) is 11.2 Å². The molecule has 17 heavy (non-hydrogen) atoms. The Bertz CT molecular complexity index is 428. The summed E-state index contributed by atoms with van der Waals surface area (Å²) in [6.45, 7) is 6.78. The monoisotopic (exact) mass is 239 g/mol. The minimum absolute atomic E-state index is 0.327. The molecule has 0 spiro atoms. The zero-order chi connectivity index (χ0) is 13.2. The summed E-state index contributed by atoms with van der Waals surface area (Å²) in [5.74, 6) is -0.747. The van der Waals surface area contributed by atoms with Gasteiger partial charge >= 0.3 is 5.97 Å². The third-order valence-corrected chi connectivity index (χ3v) is 2.33. The van der Waals surface area contributed by atoms with Gasteiger partial charge in [0.1, 0.15) is 18.6 Å². The van der Waals surface area contributed by atoms with Crippen LogP contribution in [0.3, 0.4) is 0 Å². The van der Waals surface area contributed by atoms with Crippen molar-refractivity contribution in [2.24, 2.45) is 0 Å². The highest BCUT2D eigenvalue weighted by atomic mass is 16.4. The normalized spacial score (nSPS) is 11.3. The highest BCUT2D eigenvalue weighted by Gasteiger charge is 2.29. The first-order chi connectivity index (χ1) is 7.71. The van der Waals surface area contributed by atoms with Crippen LogP contribution in [0.5, 0.6) is 0 Å². The van der Waals surface area contributed by atoms with Crippen molar-refractivity contribution in [3.05, 3.63) is 23.7 Å². The Kier molecular flexibility index (Phi) is 3.60. The number of hydrogen-bond donors (Lipinski definition) is 1. The second-order valence-corrected chi connectivity index (χ2v) is 4.90. The average Bonchev–Trinajstić information content (AvgIpc) is 2.58. The molecule has 0 atom stereocenters. The highest BCUT2D eigenvalue weighted by molar-refractivity contribution is 5.96. The van der Waals surface area contributed by atoms with Crippen LogP contribution in [0.1, 0.15) is 36.9 Å². The molecule has 1 amide bonds. The van der Waals surface area contributed by atoms with E-state index in [0.717, 1.165) is 0 Å². The predicted molar refractivity (Wildman–Crippen MR) is 61.9 cm³/mol. The van der Waals surface area contributed by atoms with Crippen molar-refractivity contribution in [3.63, 3.8) is 0 Å². The topological polar surface area (TPSA) is 70.8 Å². The summed E-state index contributed by atoms with van der Waals surface area (Å²) in [4.78, 5) is 24.2. The third-order valence-electron chi connectivity index (χ3n) is 2.33. The molecule has 1 heterocycles.